The maximum absolute atomic E-state index is 6.44. The second-order valence-corrected chi connectivity index (χ2v) is 9.31. The van der Waals surface area contributed by atoms with Gasteiger partial charge < -0.3 is 4.84 Å². The maximum atomic E-state index is 6.44. The molecule has 2 aliphatic heterocycles. The van der Waals surface area contributed by atoms with Gasteiger partial charge in [0.25, 0.3) is 5.72 Å². The average molecular weight is 489 g/mol. The highest BCUT2D eigenvalue weighted by Gasteiger charge is 2.52. The van der Waals surface area contributed by atoms with E-state index in [9.17, 15) is 0 Å². The lowest BCUT2D eigenvalue weighted by molar-refractivity contribution is -0.0645. The molecule has 0 bridgehead atoms. The fourth-order valence-corrected chi connectivity index (χ4v) is 4.75. The highest BCUT2D eigenvalue weighted by atomic mass is 35.5. The molecule has 3 aromatic carbocycles. The number of amidine groups is 1. The molecule has 0 saturated heterocycles. The van der Waals surface area contributed by atoms with E-state index in [0.29, 0.717) is 27.4 Å². The van der Waals surface area contributed by atoms with Crippen LogP contribution in [-0.4, -0.2) is 28.6 Å². The quantitative estimate of drug-likeness (QED) is 0.392. The minimum absolute atomic E-state index is 0.511. The lowest BCUT2D eigenvalue weighted by Crippen LogP contribution is -2.48. The fourth-order valence-electron chi connectivity index (χ4n) is 3.88. The molecular formula is C23H16Cl3N3OS. The summed E-state index contributed by atoms with van der Waals surface area (Å²) in [6.07, 6.45) is 2.01. The van der Waals surface area contributed by atoms with Crippen LogP contribution in [0.2, 0.25) is 15.1 Å². The summed E-state index contributed by atoms with van der Waals surface area (Å²) in [5.74, 6) is 0.696. The van der Waals surface area contributed by atoms with Crippen molar-refractivity contribution in [3.63, 3.8) is 0 Å². The van der Waals surface area contributed by atoms with Crippen molar-refractivity contribution in [2.45, 2.75) is 5.72 Å². The van der Waals surface area contributed by atoms with Crippen molar-refractivity contribution in [2.24, 2.45) is 10.1 Å². The van der Waals surface area contributed by atoms with Gasteiger partial charge in [-0.25, -0.2) is 4.99 Å². The van der Waals surface area contributed by atoms with Crippen molar-refractivity contribution in [1.82, 2.24) is 4.90 Å². The van der Waals surface area contributed by atoms with Crippen molar-refractivity contribution in [1.29, 1.82) is 0 Å². The van der Waals surface area contributed by atoms with Crippen LogP contribution in [0, 0.1) is 0 Å². The van der Waals surface area contributed by atoms with Gasteiger partial charge in [0, 0.05) is 26.2 Å². The van der Waals surface area contributed by atoms with Gasteiger partial charge in [0.15, 0.2) is 5.84 Å². The van der Waals surface area contributed by atoms with E-state index < -0.39 is 5.72 Å². The normalized spacial score (nSPS) is 19.7. The summed E-state index contributed by atoms with van der Waals surface area (Å²) >= 11 is 20.3. The molecule has 0 fully saturated rings. The predicted molar refractivity (Wildman–Crippen MR) is 130 cm³/mol. The Hall–Kier alpha value is -2.18. The van der Waals surface area contributed by atoms with Crippen LogP contribution < -0.4 is 0 Å². The molecule has 31 heavy (non-hydrogen) atoms. The Morgan fingerprint density at radius 3 is 2.23 bits per heavy atom. The molecule has 156 valence electrons. The van der Waals surface area contributed by atoms with E-state index in [2.05, 4.69) is 10.1 Å². The summed E-state index contributed by atoms with van der Waals surface area (Å²) in [7, 11) is 0. The van der Waals surface area contributed by atoms with Gasteiger partial charge in [0.2, 0.25) is 0 Å². The highest BCUT2D eigenvalue weighted by molar-refractivity contribution is 8.13. The smallest absolute Gasteiger partial charge is 0.265 e. The molecule has 5 rings (SSSR count). The Morgan fingerprint density at radius 2 is 1.55 bits per heavy atom. The first-order chi connectivity index (χ1) is 15.0. The SMILES string of the molecule is CSC1=Nc2ccc(Cl)cc2C2(c3ccc(Cl)cc3)ON=C(c3ccc(Cl)cc3)N2C1. The van der Waals surface area contributed by atoms with Crippen LogP contribution in [0.5, 0.6) is 0 Å². The second kappa shape index (κ2) is 8.06. The van der Waals surface area contributed by atoms with Crippen LogP contribution in [0.4, 0.5) is 5.69 Å². The van der Waals surface area contributed by atoms with E-state index in [0.717, 1.165) is 27.4 Å². The number of thioether (sulfide) groups is 1. The van der Waals surface area contributed by atoms with Crippen molar-refractivity contribution >= 4 is 63.1 Å². The molecular weight excluding hydrogens is 473 g/mol. The van der Waals surface area contributed by atoms with E-state index in [1.165, 1.54) is 0 Å². The van der Waals surface area contributed by atoms with Crippen LogP contribution in [0.3, 0.4) is 0 Å². The molecule has 3 aromatic rings. The van der Waals surface area contributed by atoms with Crippen molar-refractivity contribution in [3.8, 4) is 0 Å². The molecule has 0 saturated carbocycles. The molecule has 0 radical (unpaired) electrons. The van der Waals surface area contributed by atoms with Crippen molar-refractivity contribution < 1.29 is 4.84 Å². The zero-order chi connectivity index (χ0) is 21.6. The molecule has 4 nitrogen and oxygen atoms in total. The average Bonchev–Trinajstić information content (AvgIpc) is 3.08. The van der Waals surface area contributed by atoms with Crippen LogP contribution >= 0.6 is 46.6 Å². The van der Waals surface area contributed by atoms with Gasteiger partial charge in [-0.2, -0.15) is 0 Å². The van der Waals surface area contributed by atoms with E-state index >= 15 is 0 Å². The number of oxime groups is 1. The number of hydrogen-bond acceptors (Lipinski definition) is 5. The van der Waals surface area contributed by atoms with E-state index in [1.807, 2.05) is 73.0 Å². The van der Waals surface area contributed by atoms with Gasteiger partial charge in [-0.05, 0) is 60.9 Å². The number of benzene rings is 3. The largest absolute Gasteiger partial charge is 0.355 e. The van der Waals surface area contributed by atoms with Crippen LogP contribution in [0.15, 0.2) is 76.9 Å². The highest BCUT2D eigenvalue weighted by Crippen LogP contribution is 2.48. The van der Waals surface area contributed by atoms with Gasteiger partial charge in [0.05, 0.1) is 22.8 Å². The van der Waals surface area contributed by atoms with Crippen molar-refractivity contribution in [2.75, 3.05) is 12.8 Å². The number of hydrogen-bond donors (Lipinski definition) is 0. The fraction of sp³-hybridized carbons (Fsp3) is 0.130. The first kappa shape index (κ1) is 20.7. The van der Waals surface area contributed by atoms with Gasteiger partial charge in [0.1, 0.15) is 0 Å². The molecule has 0 amide bonds. The first-order valence-electron chi connectivity index (χ1n) is 9.48. The van der Waals surface area contributed by atoms with Crippen molar-refractivity contribution in [3.05, 3.63) is 98.5 Å². The summed E-state index contributed by atoms with van der Waals surface area (Å²) in [6, 6.07) is 20.8. The topological polar surface area (TPSA) is 37.2 Å². The molecule has 0 N–H and O–H groups in total. The Morgan fingerprint density at radius 1 is 0.903 bits per heavy atom. The number of aliphatic imine (C=N–C) groups is 1. The van der Waals surface area contributed by atoms with Gasteiger partial charge in [-0.3, -0.25) is 4.90 Å². The summed E-state index contributed by atoms with van der Waals surface area (Å²) < 4.78 is 0. The number of fused-ring (bicyclic) bond motifs is 3. The number of rotatable bonds is 2. The zero-order valence-electron chi connectivity index (χ0n) is 16.3. The summed E-state index contributed by atoms with van der Waals surface area (Å²) in [6.45, 7) is 0.511. The van der Waals surface area contributed by atoms with Gasteiger partial charge in [-0.1, -0.05) is 52.1 Å². The Balaban J connectivity index is 1.77. The second-order valence-electron chi connectivity index (χ2n) is 7.12. The van der Waals surface area contributed by atoms with Crippen LogP contribution in [0.1, 0.15) is 16.7 Å². The standard InChI is InChI=1S/C23H16Cl3N3OS/c1-31-21-13-29-22(14-2-6-16(24)7-3-14)28-30-23(29,15-4-8-17(25)9-5-15)19-12-18(26)10-11-20(19)27-21/h2-12H,13H2,1H3. The predicted octanol–water partition coefficient (Wildman–Crippen LogP) is 6.95. The lowest BCUT2D eigenvalue weighted by Gasteiger charge is -2.37. The molecule has 8 heteroatoms. The summed E-state index contributed by atoms with van der Waals surface area (Å²) in [4.78, 5) is 13.3. The van der Waals surface area contributed by atoms with Crippen LogP contribution in [0.25, 0.3) is 0 Å². The zero-order valence-corrected chi connectivity index (χ0v) is 19.4. The van der Waals surface area contributed by atoms with Crippen LogP contribution in [-0.2, 0) is 10.6 Å². The Kier molecular flexibility index (Phi) is 5.39. The summed E-state index contributed by atoms with van der Waals surface area (Å²) in [5.41, 5.74) is 2.34. The Labute approximate surface area is 199 Å². The maximum Gasteiger partial charge on any atom is 0.265 e. The van der Waals surface area contributed by atoms with E-state index in [-0.39, 0.29) is 0 Å². The van der Waals surface area contributed by atoms with Gasteiger partial charge >= 0.3 is 0 Å². The lowest BCUT2D eigenvalue weighted by atomic mass is 9.91. The number of nitrogens with zero attached hydrogens (tertiary/aromatic N) is 3. The van der Waals surface area contributed by atoms with E-state index in [1.54, 1.807) is 11.8 Å². The molecule has 2 aliphatic rings. The molecule has 0 spiro atoms. The third-order valence-corrected chi connectivity index (χ3v) is 6.77. The molecule has 2 heterocycles. The van der Waals surface area contributed by atoms with Gasteiger partial charge in [-0.15, -0.1) is 11.8 Å². The third kappa shape index (κ3) is 3.50. The molecule has 0 aromatic heterocycles. The molecule has 0 aliphatic carbocycles. The summed E-state index contributed by atoms with van der Waals surface area (Å²) in [5, 5.41) is 7.38. The minimum atomic E-state index is -1.04. The Bertz CT molecular complexity index is 1210. The molecule has 1 atom stereocenters. The molecule has 1 unspecified atom stereocenters. The number of halogens is 3. The monoisotopic (exact) mass is 487 g/mol. The third-order valence-electron chi connectivity index (χ3n) is 5.34. The first-order valence-corrected chi connectivity index (χ1v) is 11.8. The minimum Gasteiger partial charge on any atom is -0.355 e. The van der Waals surface area contributed by atoms with E-state index in [4.69, 9.17) is 44.6 Å².